The quantitative estimate of drug-likeness (QED) is 0.845. The Morgan fingerprint density at radius 3 is 2.71 bits per heavy atom. The summed E-state index contributed by atoms with van der Waals surface area (Å²) < 4.78 is 18.3. The van der Waals surface area contributed by atoms with Gasteiger partial charge in [0.2, 0.25) is 0 Å². The molecule has 4 heteroatoms. The number of rotatable bonds is 3. The lowest BCUT2D eigenvalue weighted by Crippen LogP contribution is -2.10. The average Bonchev–Trinajstić information content (AvgIpc) is 2.15. The van der Waals surface area contributed by atoms with Crippen molar-refractivity contribution < 1.29 is 9.13 Å². The summed E-state index contributed by atoms with van der Waals surface area (Å²) in [5.41, 5.74) is 6.22. The summed E-state index contributed by atoms with van der Waals surface area (Å²) in [7, 11) is 1.43. The van der Waals surface area contributed by atoms with Crippen molar-refractivity contribution >= 4 is 11.6 Å². The molecule has 14 heavy (non-hydrogen) atoms. The van der Waals surface area contributed by atoms with E-state index >= 15 is 0 Å². The Kier molecular flexibility index (Phi) is 3.72. The van der Waals surface area contributed by atoms with E-state index in [0.717, 1.165) is 0 Å². The highest BCUT2D eigenvalue weighted by Crippen LogP contribution is 2.31. The molecule has 1 rings (SSSR count). The summed E-state index contributed by atoms with van der Waals surface area (Å²) in [5.74, 6) is -0.194. The number of hydrogen-bond acceptors (Lipinski definition) is 2. The maximum absolute atomic E-state index is 13.4. The van der Waals surface area contributed by atoms with Crippen LogP contribution in [-0.2, 0) is 0 Å². The van der Waals surface area contributed by atoms with Crippen molar-refractivity contribution in [3.05, 3.63) is 28.5 Å². The number of halogens is 2. The minimum Gasteiger partial charge on any atom is -0.493 e. The maximum Gasteiger partial charge on any atom is 0.166 e. The molecule has 0 bridgehead atoms. The second kappa shape index (κ2) is 4.62. The lowest BCUT2D eigenvalue weighted by atomic mass is 10.00. The van der Waals surface area contributed by atoms with Gasteiger partial charge in [-0.3, -0.25) is 0 Å². The molecule has 2 nitrogen and oxygen atoms in total. The van der Waals surface area contributed by atoms with Gasteiger partial charge >= 0.3 is 0 Å². The Morgan fingerprint density at radius 2 is 2.21 bits per heavy atom. The van der Waals surface area contributed by atoms with Crippen LogP contribution in [0.3, 0.4) is 0 Å². The molecule has 2 N–H and O–H groups in total. The number of methoxy groups -OCH3 is 1. The standard InChI is InChI=1S/C10H13ClFNO/c1-6(5-13)8-3-7(11)4-9(12)10(8)14-2/h3-4,6H,5,13H2,1-2H3. The molecule has 1 unspecified atom stereocenters. The average molecular weight is 218 g/mol. The predicted molar refractivity (Wildman–Crippen MR) is 55.4 cm³/mol. The Labute approximate surface area is 87.8 Å². The molecule has 0 saturated heterocycles. The summed E-state index contributed by atoms with van der Waals surface area (Å²) in [6, 6.07) is 2.91. The van der Waals surface area contributed by atoms with Gasteiger partial charge in [0.15, 0.2) is 11.6 Å². The van der Waals surface area contributed by atoms with Crippen molar-refractivity contribution in [2.45, 2.75) is 12.8 Å². The molecule has 0 fully saturated rings. The van der Waals surface area contributed by atoms with E-state index in [2.05, 4.69) is 0 Å². The molecular formula is C10H13ClFNO. The van der Waals surface area contributed by atoms with Gasteiger partial charge in [0, 0.05) is 10.6 Å². The van der Waals surface area contributed by atoms with Crippen molar-refractivity contribution in [3.63, 3.8) is 0 Å². The third kappa shape index (κ3) is 2.16. The van der Waals surface area contributed by atoms with Crippen LogP contribution in [0.15, 0.2) is 12.1 Å². The zero-order valence-corrected chi connectivity index (χ0v) is 8.94. The highest BCUT2D eigenvalue weighted by molar-refractivity contribution is 6.30. The largest absolute Gasteiger partial charge is 0.493 e. The van der Waals surface area contributed by atoms with E-state index in [9.17, 15) is 4.39 Å². The Morgan fingerprint density at radius 1 is 1.57 bits per heavy atom. The summed E-state index contributed by atoms with van der Waals surface area (Å²) >= 11 is 5.74. The van der Waals surface area contributed by atoms with Crippen LogP contribution in [0.4, 0.5) is 4.39 Å². The first-order valence-corrected chi connectivity index (χ1v) is 4.71. The van der Waals surface area contributed by atoms with Gasteiger partial charge in [0.25, 0.3) is 0 Å². The van der Waals surface area contributed by atoms with E-state index in [1.165, 1.54) is 13.2 Å². The monoisotopic (exact) mass is 217 g/mol. The van der Waals surface area contributed by atoms with Crippen LogP contribution in [0.2, 0.25) is 5.02 Å². The van der Waals surface area contributed by atoms with Gasteiger partial charge in [-0.05, 0) is 24.6 Å². The molecule has 1 aromatic rings. The lowest BCUT2D eigenvalue weighted by molar-refractivity contribution is 0.379. The van der Waals surface area contributed by atoms with Gasteiger partial charge in [0.05, 0.1) is 7.11 Å². The first-order valence-electron chi connectivity index (χ1n) is 4.33. The smallest absolute Gasteiger partial charge is 0.166 e. The van der Waals surface area contributed by atoms with E-state index < -0.39 is 5.82 Å². The maximum atomic E-state index is 13.4. The second-order valence-electron chi connectivity index (χ2n) is 3.15. The van der Waals surface area contributed by atoms with Crippen LogP contribution < -0.4 is 10.5 Å². The summed E-state index contributed by atoms with van der Waals surface area (Å²) in [6.45, 7) is 2.32. The molecule has 1 aromatic carbocycles. The Balaban J connectivity index is 3.24. The van der Waals surface area contributed by atoms with Crippen LogP contribution in [0.5, 0.6) is 5.75 Å². The molecule has 0 aliphatic rings. The fourth-order valence-corrected chi connectivity index (χ4v) is 1.50. The molecule has 0 heterocycles. The third-order valence-corrected chi connectivity index (χ3v) is 2.34. The van der Waals surface area contributed by atoms with E-state index in [1.54, 1.807) is 6.07 Å². The van der Waals surface area contributed by atoms with Crippen molar-refractivity contribution in [3.8, 4) is 5.75 Å². The van der Waals surface area contributed by atoms with Gasteiger partial charge in [-0.1, -0.05) is 18.5 Å². The van der Waals surface area contributed by atoms with Crippen LogP contribution >= 0.6 is 11.6 Å². The molecule has 1 atom stereocenters. The summed E-state index contributed by atoms with van der Waals surface area (Å²) in [5, 5.41) is 0.360. The summed E-state index contributed by atoms with van der Waals surface area (Å²) in [4.78, 5) is 0. The van der Waals surface area contributed by atoms with Crippen LogP contribution in [-0.4, -0.2) is 13.7 Å². The number of benzene rings is 1. The second-order valence-corrected chi connectivity index (χ2v) is 3.58. The summed E-state index contributed by atoms with van der Waals surface area (Å²) in [6.07, 6.45) is 0. The van der Waals surface area contributed by atoms with E-state index in [1.807, 2.05) is 6.92 Å². The molecule has 0 aliphatic heterocycles. The zero-order valence-electron chi connectivity index (χ0n) is 8.18. The van der Waals surface area contributed by atoms with E-state index in [4.69, 9.17) is 22.1 Å². The predicted octanol–water partition coefficient (Wildman–Crippen LogP) is 2.55. The lowest BCUT2D eigenvalue weighted by Gasteiger charge is -2.14. The van der Waals surface area contributed by atoms with Crippen molar-refractivity contribution in [2.75, 3.05) is 13.7 Å². The normalized spacial score (nSPS) is 12.6. The van der Waals surface area contributed by atoms with Crippen LogP contribution in [0.1, 0.15) is 18.4 Å². The molecular weight excluding hydrogens is 205 g/mol. The molecule has 0 amide bonds. The first-order chi connectivity index (χ1) is 6.60. The van der Waals surface area contributed by atoms with E-state index in [-0.39, 0.29) is 11.7 Å². The number of hydrogen-bond donors (Lipinski definition) is 1. The van der Waals surface area contributed by atoms with Gasteiger partial charge in [0.1, 0.15) is 0 Å². The Bertz CT molecular complexity index is 330. The van der Waals surface area contributed by atoms with Crippen molar-refractivity contribution in [2.24, 2.45) is 5.73 Å². The topological polar surface area (TPSA) is 35.2 Å². The van der Waals surface area contributed by atoms with Gasteiger partial charge in [-0.2, -0.15) is 0 Å². The molecule has 78 valence electrons. The minimum absolute atomic E-state index is 0.0261. The Hall–Kier alpha value is -0.800. The van der Waals surface area contributed by atoms with Gasteiger partial charge < -0.3 is 10.5 Å². The van der Waals surface area contributed by atoms with Crippen LogP contribution in [0, 0.1) is 5.82 Å². The molecule has 0 aromatic heterocycles. The van der Waals surface area contributed by atoms with Gasteiger partial charge in [-0.15, -0.1) is 0 Å². The zero-order chi connectivity index (χ0) is 10.7. The van der Waals surface area contributed by atoms with Crippen molar-refractivity contribution in [1.82, 2.24) is 0 Å². The molecule has 0 aliphatic carbocycles. The number of ether oxygens (including phenoxy) is 1. The third-order valence-electron chi connectivity index (χ3n) is 2.13. The fraction of sp³-hybridized carbons (Fsp3) is 0.400. The highest BCUT2D eigenvalue weighted by Gasteiger charge is 2.15. The van der Waals surface area contributed by atoms with E-state index in [0.29, 0.717) is 17.1 Å². The highest BCUT2D eigenvalue weighted by atomic mass is 35.5. The number of nitrogens with two attached hydrogens (primary N) is 1. The minimum atomic E-state index is -0.449. The SMILES string of the molecule is COc1c(F)cc(Cl)cc1C(C)CN. The molecule has 0 radical (unpaired) electrons. The molecule has 0 spiro atoms. The molecule has 0 saturated carbocycles. The van der Waals surface area contributed by atoms with Crippen LogP contribution in [0.25, 0.3) is 0 Å². The fourth-order valence-electron chi connectivity index (χ4n) is 1.29. The first kappa shape index (κ1) is 11.3. The van der Waals surface area contributed by atoms with Crippen molar-refractivity contribution in [1.29, 1.82) is 0 Å². The van der Waals surface area contributed by atoms with Gasteiger partial charge in [-0.25, -0.2) is 4.39 Å².